The van der Waals surface area contributed by atoms with Crippen LogP contribution in [0.1, 0.15) is 40.6 Å². The molecule has 0 fully saturated rings. The average molecular weight is 499 g/mol. The number of allylic oxidation sites excluding steroid dienone is 2. The smallest absolute Gasteiger partial charge is 0.128 e. The lowest BCUT2D eigenvalue weighted by Crippen LogP contribution is -2.29. The van der Waals surface area contributed by atoms with Crippen LogP contribution in [0.2, 0.25) is 0 Å². The van der Waals surface area contributed by atoms with Gasteiger partial charge in [0.25, 0.3) is 0 Å². The van der Waals surface area contributed by atoms with E-state index in [1.807, 2.05) is 24.4 Å². The van der Waals surface area contributed by atoms with E-state index in [-0.39, 0.29) is 0 Å². The fourth-order valence-electron chi connectivity index (χ4n) is 4.86. The zero-order valence-corrected chi connectivity index (χ0v) is 20.3. The van der Waals surface area contributed by atoms with Crippen molar-refractivity contribution in [2.45, 2.75) is 25.3 Å². The van der Waals surface area contributed by atoms with Crippen molar-refractivity contribution < 1.29 is 4.74 Å². The van der Waals surface area contributed by atoms with E-state index in [0.29, 0.717) is 24.5 Å². The van der Waals surface area contributed by atoms with E-state index < -0.39 is 0 Å². The Hall–Kier alpha value is -3.11. The maximum absolute atomic E-state index is 5.76. The summed E-state index contributed by atoms with van der Waals surface area (Å²) in [6, 6.07) is 21.6. The second-order valence-electron chi connectivity index (χ2n) is 8.70. The van der Waals surface area contributed by atoms with Crippen molar-refractivity contribution >= 4 is 33.5 Å². The summed E-state index contributed by atoms with van der Waals surface area (Å²) in [5.41, 5.74) is 7.14. The molecule has 5 rings (SSSR count). The monoisotopic (exact) mass is 498 g/mol. The lowest BCUT2D eigenvalue weighted by molar-refractivity contribution is 0.362. The standard InChI is InChI=1S/C29H27BrN2O/c1-3-15-33-28-14-10-22(30)17-21(28)18-31-23-11-8-20(9-12-23)29-25-6-4-5-24(25)26-16-19(2)7-13-27(26)32-29/h3-5,7-14,16-18,24-25,29,32H,1,6,15H2,2H3/t24-,25+,29+/m1/s1. The molecule has 3 aromatic rings. The van der Waals surface area contributed by atoms with Crippen LogP contribution in [0.25, 0.3) is 0 Å². The van der Waals surface area contributed by atoms with E-state index in [1.54, 1.807) is 6.08 Å². The van der Waals surface area contributed by atoms with Crippen LogP contribution >= 0.6 is 15.9 Å². The Labute approximate surface area is 204 Å². The van der Waals surface area contributed by atoms with Crippen LogP contribution in [0, 0.1) is 12.8 Å². The maximum atomic E-state index is 5.76. The quantitative estimate of drug-likeness (QED) is 0.276. The van der Waals surface area contributed by atoms with Crippen LogP contribution in [0.4, 0.5) is 11.4 Å². The van der Waals surface area contributed by atoms with Crippen molar-refractivity contribution in [2.75, 3.05) is 11.9 Å². The fraction of sp³-hybridized carbons (Fsp3) is 0.207. The molecular weight excluding hydrogens is 472 g/mol. The number of fused-ring (bicyclic) bond motifs is 3. The van der Waals surface area contributed by atoms with E-state index in [2.05, 4.69) is 89.4 Å². The van der Waals surface area contributed by atoms with Crippen molar-refractivity contribution in [3.05, 3.63) is 112 Å². The number of hydrogen-bond donors (Lipinski definition) is 1. The minimum atomic E-state index is 0.294. The maximum Gasteiger partial charge on any atom is 0.128 e. The number of nitrogens with one attached hydrogen (secondary N) is 1. The largest absolute Gasteiger partial charge is 0.489 e. The first-order valence-electron chi connectivity index (χ1n) is 11.3. The molecule has 1 N–H and O–H groups in total. The average Bonchev–Trinajstić information content (AvgIpc) is 3.32. The van der Waals surface area contributed by atoms with Gasteiger partial charge in [0, 0.05) is 27.9 Å². The lowest BCUT2D eigenvalue weighted by Gasteiger charge is -2.37. The Morgan fingerprint density at radius 2 is 1.97 bits per heavy atom. The van der Waals surface area contributed by atoms with Crippen LogP contribution in [-0.4, -0.2) is 12.8 Å². The summed E-state index contributed by atoms with van der Waals surface area (Å²) < 4.78 is 6.75. The fourth-order valence-corrected chi connectivity index (χ4v) is 5.23. The number of ether oxygens (including phenoxy) is 1. The molecule has 3 aromatic carbocycles. The third kappa shape index (κ3) is 4.53. The zero-order valence-electron chi connectivity index (χ0n) is 18.7. The van der Waals surface area contributed by atoms with Gasteiger partial charge in [-0.15, -0.1) is 0 Å². The molecule has 3 nitrogen and oxygen atoms in total. The van der Waals surface area contributed by atoms with E-state index in [9.17, 15) is 0 Å². The normalized spacial score (nSPS) is 20.8. The Kier molecular flexibility index (Phi) is 6.19. The van der Waals surface area contributed by atoms with Gasteiger partial charge in [0.1, 0.15) is 12.4 Å². The van der Waals surface area contributed by atoms with Gasteiger partial charge in [-0.2, -0.15) is 0 Å². The number of nitrogens with zero attached hydrogens (tertiary/aromatic N) is 1. The summed E-state index contributed by atoms with van der Waals surface area (Å²) in [5.74, 6) is 1.81. The highest BCUT2D eigenvalue weighted by atomic mass is 79.9. The number of aliphatic imine (C=N–C) groups is 1. The molecule has 0 spiro atoms. The van der Waals surface area contributed by atoms with Gasteiger partial charge >= 0.3 is 0 Å². The van der Waals surface area contributed by atoms with Crippen molar-refractivity contribution in [1.82, 2.24) is 0 Å². The first-order valence-corrected chi connectivity index (χ1v) is 12.1. The van der Waals surface area contributed by atoms with Crippen LogP contribution < -0.4 is 10.1 Å². The Morgan fingerprint density at radius 1 is 1.12 bits per heavy atom. The summed E-state index contributed by atoms with van der Waals surface area (Å²) in [5, 5.41) is 3.81. The predicted molar refractivity (Wildman–Crippen MR) is 141 cm³/mol. The lowest BCUT2D eigenvalue weighted by atomic mass is 9.76. The van der Waals surface area contributed by atoms with Crippen molar-refractivity contribution in [3.8, 4) is 5.75 Å². The van der Waals surface area contributed by atoms with Crippen molar-refractivity contribution in [3.63, 3.8) is 0 Å². The molecule has 33 heavy (non-hydrogen) atoms. The third-order valence-corrected chi connectivity index (χ3v) is 6.94. The molecule has 4 heteroatoms. The van der Waals surface area contributed by atoms with E-state index >= 15 is 0 Å². The van der Waals surface area contributed by atoms with Gasteiger partial charge in [0.2, 0.25) is 0 Å². The first kappa shape index (κ1) is 21.7. The highest BCUT2D eigenvalue weighted by Gasteiger charge is 2.37. The Bertz CT molecular complexity index is 1230. The minimum Gasteiger partial charge on any atom is -0.489 e. The molecule has 0 radical (unpaired) electrons. The molecule has 1 heterocycles. The summed E-state index contributed by atoms with van der Waals surface area (Å²) in [6.45, 7) is 6.35. The molecule has 0 saturated carbocycles. The second kappa shape index (κ2) is 9.40. The van der Waals surface area contributed by atoms with E-state index in [4.69, 9.17) is 9.73 Å². The minimum absolute atomic E-state index is 0.294. The first-order chi connectivity index (χ1) is 16.1. The molecule has 166 valence electrons. The number of halogens is 1. The molecule has 0 amide bonds. The zero-order chi connectivity index (χ0) is 22.8. The topological polar surface area (TPSA) is 33.6 Å². The molecule has 0 unspecified atom stereocenters. The third-order valence-electron chi connectivity index (χ3n) is 6.45. The summed E-state index contributed by atoms with van der Waals surface area (Å²) in [6.07, 6.45) is 9.42. The summed E-state index contributed by atoms with van der Waals surface area (Å²) in [7, 11) is 0. The molecule has 0 saturated heterocycles. The van der Waals surface area contributed by atoms with Crippen LogP contribution in [0.3, 0.4) is 0 Å². The highest BCUT2D eigenvalue weighted by molar-refractivity contribution is 9.10. The van der Waals surface area contributed by atoms with Gasteiger partial charge in [-0.25, -0.2) is 0 Å². The molecule has 0 aromatic heterocycles. The predicted octanol–water partition coefficient (Wildman–Crippen LogP) is 7.90. The highest BCUT2D eigenvalue weighted by Crippen LogP contribution is 2.50. The van der Waals surface area contributed by atoms with Gasteiger partial charge < -0.3 is 10.1 Å². The van der Waals surface area contributed by atoms with Gasteiger partial charge in [0.05, 0.1) is 11.7 Å². The molecular formula is C29H27BrN2O. The van der Waals surface area contributed by atoms with Gasteiger partial charge in [0.15, 0.2) is 0 Å². The number of aryl methyl sites for hydroxylation is 1. The van der Waals surface area contributed by atoms with Gasteiger partial charge in [-0.1, -0.05) is 70.6 Å². The molecule has 1 aliphatic heterocycles. The molecule has 3 atom stereocenters. The van der Waals surface area contributed by atoms with Crippen LogP contribution in [0.15, 0.2) is 94.9 Å². The van der Waals surface area contributed by atoms with Crippen LogP contribution in [0.5, 0.6) is 5.75 Å². The van der Waals surface area contributed by atoms with Crippen molar-refractivity contribution in [2.24, 2.45) is 10.9 Å². The van der Waals surface area contributed by atoms with Gasteiger partial charge in [-0.05, 0) is 66.8 Å². The summed E-state index contributed by atoms with van der Waals surface area (Å²) >= 11 is 3.53. The number of rotatable bonds is 6. The number of hydrogen-bond acceptors (Lipinski definition) is 3. The SMILES string of the molecule is C=CCOc1ccc(Br)cc1C=Nc1ccc([C@@H]2Nc3ccc(C)cc3[C@@H]3C=CC[C@@H]32)cc1. The Morgan fingerprint density at radius 3 is 2.79 bits per heavy atom. The van der Waals surface area contributed by atoms with Crippen LogP contribution in [-0.2, 0) is 0 Å². The van der Waals surface area contributed by atoms with E-state index in [1.165, 1.54) is 22.4 Å². The Balaban J connectivity index is 1.37. The van der Waals surface area contributed by atoms with Gasteiger partial charge in [-0.3, -0.25) is 4.99 Å². The molecule has 0 bridgehead atoms. The number of benzene rings is 3. The number of anilines is 1. The summed E-state index contributed by atoms with van der Waals surface area (Å²) in [4.78, 5) is 4.70. The van der Waals surface area contributed by atoms with Crippen molar-refractivity contribution in [1.29, 1.82) is 0 Å². The van der Waals surface area contributed by atoms with E-state index in [0.717, 1.165) is 27.9 Å². The molecule has 1 aliphatic carbocycles. The second-order valence-corrected chi connectivity index (χ2v) is 9.61. The molecule has 2 aliphatic rings.